The predicted molar refractivity (Wildman–Crippen MR) is 121 cm³/mol. The molecule has 3 heterocycles. The third-order valence-electron chi connectivity index (χ3n) is 5.75. The summed E-state index contributed by atoms with van der Waals surface area (Å²) in [6.07, 6.45) is 6.41. The molecule has 0 radical (unpaired) electrons. The number of rotatable bonds is 4. The molecule has 1 atom stereocenters. The Kier molecular flexibility index (Phi) is 5.37. The van der Waals surface area contributed by atoms with Crippen LogP contribution in [0.5, 0.6) is 0 Å². The normalized spacial score (nSPS) is 16.1. The van der Waals surface area contributed by atoms with Gasteiger partial charge < -0.3 is 14.6 Å². The number of piperidine rings is 1. The first kappa shape index (κ1) is 19.9. The highest BCUT2D eigenvalue weighted by atomic mass is 16.3. The van der Waals surface area contributed by atoms with Crippen molar-refractivity contribution < 1.29 is 14.0 Å². The van der Waals surface area contributed by atoms with Gasteiger partial charge in [0.25, 0.3) is 5.91 Å². The summed E-state index contributed by atoms with van der Waals surface area (Å²) in [5.41, 5.74) is 3.66. The third-order valence-corrected chi connectivity index (χ3v) is 5.75. The number of likely N-dealkylation sites (tertiary alicyclic amines) is 1. The molecule has 1 unspecified atom stereocenters. The highest BCUT2D eigenvalue weighted by Gasteiger charge is 2.29. The fourth-order valence-electron chi connectivity index (χ4n) is 4.06. The van der Waals surface area contributed by atoms with Crippen molar-refractivity contribution in [3.05, 3.63) is 78.8 Å². The number of nitrogens with one attached hydrogen (secondary N) is 1. The van der Waals surface area contributed by atoms with E-state index in [-0.39, 0.29) is 17.7 Å². The van der Waals surface area contributed by atoms with Gasteiger partial charge in [0, 0.05) is 42.3 Å². The van der Waals surface area contributed by atoms with E-state index in [9.17, 15) is 9.59 Å². The molecule has 0 bridgehead atoms. The Labute approximate surface area is 185 Å². The van der Waals surface area contributed by atoms with E-state index < -0.39 is 0 Å². The molecule has 5 rings (SSSR count). The summed E-state index contributed by atoms with van der Waals surface area (Å²) in [4.78, 5) is 36.2. The molecule has 1 fully saturated rings. The molecule has 1 aliphatic heterocycles. The van der Waals surface area contributed by atoms with Gasteiger partial charge in [-0.1, -0.05) is 0 Å². The Morgan fingerprint density at radius 3 is 2.59 bits per heavy atom. The zero-order chi connectivity index (χ0) is 21.9. The number of benzene rings is 2. The Bertz CT molecular complexity index is 1250. The summed E-state index contributed by atoms with van der Waals surface area (Å²) in [6, 6.07) is 16.6. The fraction of sp³-hybridized carbons (Fsp3) is 0.200. The SMILES string of the molecule is O=C(Nc1ccc(-c2ccco2)cc1)C1CCCN(C(=O)c2ccc3nccnc3c2)C1. The molecule has 160 valence electrons. The van der Waals surface area contributed by atoms with Crippen LogP contribution in [0.15, 0.2) is 77.7 Å². The lowest BCUT2D eigenvalue weighted by Crippen LogP contribution is -2.43. The highest BCUT2D eigenvalue weighted by Crippen LogP contribution is 2.24. The van der Waals surface area contributed by atoms with Gasteiger partial charge in [0.1, 0.15) is 5.76 Å². The van der Waals surface area contributed by atoms with Gasteiger partial charge in [-0.15, -0.1) is 0 Å². The van der Waals surface area contributed by atoms with E-state index in [1.165, 1.54) is 0 Å². The molecule has 0 saturated carbocycles. The quantitative estimate of drug-likeness (QED) is 0.523. The maximum Gasteiger partial charge on any atom is 0.253 e. The second-order valence-corrected chi connectivity index (χ2v) is 7.89. The Balaban J connectivity index is 1.24. The Morgan fingerprint density at radius 2 is 1.81 bits per heavy atom. The van der Waals surface area contributed by atoms with Crippen molar-refractivity contribution in [2.45, 2.75) is 12.8 Å². The molecule has 2 aromatic heterocycles. The molecule has 1 saturated heterocycles. The first-order chi connectivity index (χ1) is 15.7. The molecule has 0 aliphatic carbocycles. The minimum absolute atomic E-state index is 0.0716. The van der Waals surface area contributed by atoms with Crippen LogP contribution in [0.2, 0.25) is 0 Å². The number of hydrogen-bond donors (Lipinski definition) is 1. The van der Waals surface area contributed by atoms with Crippen molar-refractivity contribution in [2.24, 2.45) is 5.92 Å². The smallest absolute Gasteiger partial charge is 0.253 e. The van der Waals surface area contributed by atoms with E-state index in [4.69, 9.17) is 4.42 Å². The fourth-order valence-corrected chi connectivity index (χ4v) is 4.06. The van der Waals surface area contributed by atoms with Crippen LogP contribution in [0, 0.1) is 5.92 Å². The molecule has 7 nitrogen and oxygen atoms in total. The largest absolute Gasteiger partial charge is 0.464 e. The highest BCUT2D eigenvalue weighted by molar-refractivity contribution is 5.98. The van der Waals surface area contributed by atoms with Crippen molar-refractivity contribution in [2.75, 3.05) is 18.4 Å². The lowest BCUT2D eigenvalue weighted by atomic mass is 9.96. The van der Waals surface area contributed by atoms with Gasteiger partial charge in [-0.05, 0) is 67.4 Å². The first-order valence-corrected chi connectivity index (χ1v) is 10.6. The van der Waals surface area contributed by atoms with E-state index in [1.54, 1.807) is 41.8 Å². The van der Waals surface area contributed by atoms with Gasteiger partial charge in [0.05, 0.1) is 23.2 Å². The molecule has 1 N–H and O–H groups in total. The van der Waals surface area contributed by atoms with Crippen molar-refractivity contribution in [3.8, 4) is 11.3 Å². The van der Waals surface area contributed by atoms with Gasteiger partial charge in [-0.2, -0.15) is 0 Å². The van der Waals surface area contributed by atoms with E-state index in [0.29, 0.717) is 24.2 Å². The maximum absolute atomic E-state index is 13.1. The van der Waals surface area contributed by atoms with Crippen LogP contribution in [0.25, 0.3) is 22.4 Å². The number of carbonyl (C=O) groups excluding carboxylic acids is 2. The molecule has 1 aliphatic rings. The number of furan rings is 1. The van der Waals surface area contributed by atoms with Crippen LogP contribution in [-0.2, 0) is 4.79 Å². The average molecular weight is 426 g/mol. The summed E-state index contributed by atoms with van der Waals surface area (Å²) in [6.45, 7) is 1.03. The van der Waals surface area contributed by atoms with Gasteiger partial charge in [0.15, 0.2) is 0 Å². The maximum atomic E-state index is 13.1. The predicted octanol–water partition coefficient (Wildman–Crippen LogP) is 4.38. The summed E-state index contributed by atoms with van der Waals surface area (Å²) in [5, 5.41) is 2.98. The van der Waals surface area contributed by atoms with Gasteiger partial charge in [-0.25, -0.2) is 0 Å². The first-order valence-electron chi connectivity index (χ1n) is 10.6. The topological polar surface area (TPSA) is 88.3 Å². The minimum Gasteiger partial charge on any atom is -0.464 e. The van der Waals surface area contributed by atoms with E-state index in [1.807, 2.05) is 36.4 Å². The molecule has 0 spiro atoms. The number of carbonyl (C=O) groups is 2. The van der Waals surface area contributed by atoms with E-state index >= 15 is 0 Å². The number of nitrogens with zero attached hydrogens (tertiary/aromatic N) is 3. The Morgan fingerprint density at radius 1 is 1.00 bits per heavy atom. The van der Waals surface area contributed by atoms with Crippen LogP contribution in [0.3, 0.4) is 0 Å². The van der Waals surface area contributed by atoms with Gasteiger partial charge in [-0.3, -0.25) is 19.6 Å². The zero-order valence-electron chi connectivity index (χ0n) is 17.4. The van der Waals surface area contributed by atoms with Crippen LogP contribution < -0.4 is 5.32 Å². The number of fused-ring (bicyclic) bond motifs is 1. The molecule has 2 amide bonds. The third kappa shape index (κ3) is 4.09. The summed E-state index contributed by atoms with van der Waals surface area (Å²) in [7, 11) is 0. The van der Waals surface area contributed by atoms with Crippen LogP contribution in [-0.4, -0.2) is 39.8 Å². The summed E-state index contributed by atoms with van der Waals surface area (Å²) in [5.74, 6) is 0.372. The molecule has 32 heavy (non-hydrogen) atoms. The number of aromatic nitrogens is 2. The van der Waals surface area contributed by atoms with Crippen LogP contribution in [0.1, 0.15) is 23.2 Å². The number of anilines is 1. The second-order valence-electron chi connectivity index (χ2n) is 7.89. The molecule has 7 heteroatoms. The standard InChI is InChI=1S/C25H22N4O3/c30-24(28-20-8-5-17(6-9-20)23-4-2-14-32-23)19-3-1-13-29(16-19)25(31)18-7-10-21-22(15-18)27-12-11-26-21/h2,4-12,14-15,19H,1,3,13,16H2,(H,28,30). The lowest BCUT2D eigenvalue weighted by molar-refractivity contribution is -0.121. The number of amides is 2. The summed E-state index contributed by atoms with van der Waals surface area (Å²) < 4.78 is 5.40. The van der Waals surface area contributed by atoms with Crippen molar-refractivity contribution >= 4 is 28.5 Å². The average Bonchev–Trinajstić information content (AvgIpc) is 3.39. The minimum atomic E-state index is -0.252. The van der Waals surface area contributed by atoms with Crippen molar-refractivity contribution in [3.63, 3.8) is 0 Å². The number of hydrogen-bond acceptors (Lipinski definition) is 5. The van der Waals surface area contributed by atoms with Crippen LogP contribution in [0.4, 0.5) is 5.69 Å². The Hall–Kier alpha value is -4.00. The van der Waals surface area contributed by atoms with Crippen molar-refractivity contribution in [1.29, 1.82) is 0 Å². The van der Waals surface area contributed by atoms with Gasteiger partial charge in [0.2, 0.25) is 5.91 Å². The van der Waals surface area contributed by atoms with Gasteiger partial charge >= 0.3 is 0 Å². The van der Waals surface area contributed by atoms with Crippen LogP contribution >= 0.6 is 0 Å². The van der Waals surface area contributed by atoms with E-state index in [2.05, 4.69) is 15.3 Å². The van der Waals surface area contributed by atoms with Crippen molar-refractivity contribution in [1.82, 2.24) is 14.9 Å². The monoisotopic (exact) mass is 426 g/mol. The zero-order valence-corrected chi connectivity index (χ0v) is 17.4. The summed E-state index contributed by atoms with van der Waals surface area (Å²) >= 11 is 0. The second kappa shape index (κ2) is 8.63. The molecule has 2 aromatic carbocycles. The molecular weight excluding hydrogens is 404 g/mol. The molecule has 4 aromatic rings. The molecular formula is C25H22N4O3. The lowest BCUT2D eigenvalue weighted by Gasteiger charge is -2.32. The van der Waals surface area contributed by atoms with E-state index in [0.717, 1.165) is 35.4 Å².